The summed E-state index contributed by atoms with van der Waals surface area (Å²) in [6.45, 7) is 10.5. The minimum Gasteiger partial charge on any atom is -0.354 e. The molecular formula is C22H35N5O. The van der Waals surface area contributed by atoms with E-state index in [1.54, 1.807) is 0 Å². The van der Waals surface area contributed by atoms with E-state index in [0.29, 0.717) is 17.9 Å². The van der Waals surface area contributed by atoms with Crippen LogP contribution in [0, 0.1) is 11.8 Å². The Morgan fingerprint density at radius 1 is 1.18 bits per heavy atom. The third kappa shape index (κ3) is 4.84. The van der Waals surface area contributed by atoms with E-state index >= 15 is 0 Å². The molecule has 1 aromatic heterocycles. The number of hydrogen-bond donors (Lipinski definition) is 1. The lowest BCUT2D eigenvalue weighted by Gasteiger charge is -2.41. The number of hydrogen-bond acceptors (Lipinski definition) is 5. The Balaban J connectivity index is 1.25. The van der Waals surface area contributed by atoms with E-state index < -0.39 is 0 Å². The highest BCUT2D eigenvalue weighted by atomic mass is 16.2. The van der Waals surface area contributed by atoms with E-state index in [4.69, 9.17) is 0 Å². The Bertz CT molecular complexity index is 631. The Hall–Kier alpha value is -1.66. The Morgan fingerprint density at radius 3 is 2.79 bits per heavy atom. The summed E-state index contributed by atoms with van der Waals surface area (Å²) in [6, 6.07) is 6.60. The van der Waals surface area contributed by atoms with E-state index in [9.17, 15) is 4.79 Å². The summed E-state index contributed by atoms with van der Waals surface area (Å²) in [5.41, 5.74) is 0. The smallest absolute Gasteiger partial charge is 0.225 e. The predicted octanol–water partition coefficient (Wildman–Crippen LogP) is 1.83. The van der Waals surface area contributed by atoms with Crippen LogP contribution in [0.3, 0.4) is 0 Å². The topological polar surface area (TPSA) is 51.7 Å². The molecule has 3 aliphatic heterocycles. The summed E-state index contributed by atoms with van der Waals surface area (Å²) in [6.07, 6.45) is 6.28. The van der Waals surface area contributed by atoms with Gasteiger partial charge in [0.1, 0.15) is 5.82 Å². The normalized spacial score (nSPS) is 29.7. The maximum Gasteiger partial charge on any atom is 0.225 e. The molecule has 154 valence electrons. The summed E-state index contributed by atoms with van der Waals surface area (Å²) in [5, 5.41) is 3.46. The SMILES string of the molecule is C[C@H]1C[C@@H](C(=O)N2CCCC(CN3CCN(c4ccccn4)CC3)C2)CCN1. The number of anilines is 1. The van der Waals surface area contributed by atoms with Crippen LogP contribution in [0.4, 0.5) is 5.82 Å². The Morgan fingerprint density at radius 2 is 2.04 bits per heavy atom. The summed E-state index contributed by atoms with van der Waals surface area (Å²) in [7, 11) is 0. The molecule has 4 rings (SSSR count). The highest BCUT2D eigenvalue weighted by molar-refractivity contribution is 5.79. The van der Waals surface area contributed by atoms with Gasteiger partial charge >= 0.3 is 0 Å². The van der Waals surface area contributed by atoms with Gasteiger partial charge in [0, 0.05) is 64.0 Å². The van der Waals surface area contributed by atoms with Crippen molar-refractivity contribution in [2.45, 2.75) is 38.6 Å². The van der Waals surface area contributed by atoms with Gasteiger partial charge in [0.25, 0.3) is 0 Å². The van der Waals surface area contributed by atoms with Gasteiger partial charge in [0.2, 0.25) is 5.91 Å². The fourth-order valence-electron chi connectivity index (χ4n) is 5.09. The number of nitrogens with one attached hydrogen (secondary N) is 1. The number of rotatable bonds is 4. The molecule has 0 aromatic carbocycles. The van der Waals surface area contributed by atoms with E-state index in [2.05, 4.69) is 44.1 Å². The van der Waals surface area contributed by atoms with Crippen molar-refractivity contribution >= 4 is 11.7 Å². The zero-order chi connectivity index (χ0) is 19.3. The van der Waals surface area contributed by atoms with Crippen LogP contribution in [-0.2, 0) is 4.79 Å². The molecule has 3 aliphatic rings. The van der Waals surface area contributed by atoms with E-state index in [1.165, 1.54) is 6.42 Å². The van der Waals surface area contributed by atoms with Crippen LogP contribution in [0.2, 0.25) is 0 Å². The first-order chi connectivity index (χ1) is 13.7. The first-order valence-electron chi connectivity index (χ1n) is 11.1. The number of nitrogens with zero attached hydrogens (tertiary/aromatic N) is 4. The number of pyridine rings is 1. The second kappa shape index (κ2) is 9.23. The number of amides is 1. The number of carbonyl (C=O) groups excluding carboxylic acids is 1. The van der Waals surface area contributed by atoms with Crippen LogP contribution in [0.15, 0.2) is 24.4 Å². The van der Waals surface area contributed by atoms with Crippen molar-refractivity contribution in [3.8, 4) is 0 Å². The number of aromatic nitrogens is 1. The molecule has 1 N–H and O–H groups in total. The van der Waals surface area contributed by atoms with Gasteiger partial charge in [-0.3, -0.25) is 9.69 Å². The zero-order valence-electron chi connectivity index (χ0n) is 17.2. The Labute approximate surface area is 169 Å². The third-order valence-corrected chi connectivity index (χ3v) is 6.67. The minimum atomic E-state index is 0.233. The molecular weight excluding hydrogens is 350 g/mol. The summed E-state index contributed by atoms with van der Waals surface area (Å²) >= 11 is 0. The molecule has 3 saturated heterocycles. The van der Waals surface area contributed by atoms with Gasteiger partial charge in [0.05, 0.1) is 0 Å². The summed E-state index contributed by atoms with van der Waals surface area (Å²) < 4.78 is 0. The molecule has 0 spiro atoms. The molecule has 3 fully saturated rings. The number of carbonyl (C=O) groups is 1. The quantitative estimate of drug-likeness (QED) is 0.857. The fourth-order valence-corrected chi connectivity index (χ4v) is 5.09. The second-order valence-corrected chi connectivity index (χ2v) is 8.84. The van der Waals surface area contributed by atoms with E-state index in [1.807, 2.05) is 12.3 Å². The van der Waals surface area contributed by atoms with Gasteiger partial charge in [-0.1, -0.05) is 6.07 Å². The first kappa shape index (κ1) is 19.6. The highest BCUT2D eigenvalue weighted by Crippen LogP contribution is 2.24. The lowest BCUT2D eigenvalue weighted by molar-refractivity contribution is -0.138. The third-order valence-electron chi connectivity index (χ3n) is 6.67. The van der Waals surface area contributed by atoms with Crippen molar-refractivity contribution in [3.05, 3.63) is 24.4 Å². The molecule has 1 amide bonds. The minimum absolute atomic E-state index is 0.233. The highest BCUT2D eigenvalue weighted by Gasteiger charge is 2.32. The van der Waals surface area contributed by atoms with E-state index in [-0.39, 0.29) is 5.92 Å². The van der Waals surface area contributed by atoms with Gasteiger partial charge in [0.15, 0.2) is 0 Å². The lowest BCUT2D eigenvalue weighted by atomic mass is 9.90. The standard InChI is InChI=1S/C22H35N5O/c1-18-15-20(7-9-23-18)22(28)27-10-4-5-19(17-27)16-25-11-13-26(14-12-25)21-6-2-3-8-24-21/h2-3,6,8,18-20,23H,4-5,7,9-17H2,1H3/t18-,19?,20-/m0/s1. The van der Waals surface area contributed by atoms with Crippen molar-refractivity contribution < 1.29 is 4.79 Å². The van der Waals surface area contributed by atoms with Crippen LogP contribution >= 0.6 is 0 Å². The molecule has 28 heavy (non-hydrogen) atoms. The Kier molecular flexibility index (Phi) is 6.47. The summed E-state index contributed by atoms with van der Waals surface area (Å²) in [4.78, 5) is 24.6. The van der Waals surface area contributed by atoms with Gasteiger partial charge < -0.3 is 15.1 Å². The molecule has 0 bridgehead atoms. The van der Waals surface area contributed by atoms with Crippen molar-refractivity contribution in [2.75, 3.05) is 57.3 Å². The van der Waals surface area contributed by atoms with Crippen LogP contribution in [0.5, 0.6) is 0 Å². The van der Waals surface area contributed by atoms with Crippen molar-refractivity contribution in [1.82, 2.24) is 20.1 Å². The predicted molar refractivity (Wildman–Crippen MR) is 112 cm³/mol. The van der Waals surface area contributed by atoms with Crippen LogP contribution in [-0.4, -0.2) is 79.1 Å². The molecule has 6 nitrogen and oxygen atoms in total. The van der Waals surface area contributed by atoms with Gasteiger partial charge in [-0.15, -0.1) is 0 Å². The van der Waals surface area contributed by atoms with Crippen molar-refractivity contribution in [2.24, 2.45) is 11.8 Å². The van der Waals surface area contributed by atoms with Gasteiger partial charge in [-0.05, 0) is 57.2 Å². The second-order valence-electron chi connectivity index (χ2n) is 8.84. The number of piperidine rings is 2. The van der Waals surface area contributed by atoms with Gasteiger partial charge in [-0.25, -0.2) is 4.98 Å². The maximum atomic E-state index is 13.0. The molecule has 1 aromatic rings. The average Bonchev–Trinajstić information content (AvgIpc) is 2.75. The maximum absolute atomic E-state index is 13.0. The molecule has 0 aliphatic carbocycles. The molecule has 3 atom stereocenters. The monoisotopic (exact) mass is 385 g/mol. The molecule has 6 heteroatoms. The molecule has 1 unspecified atom stereocenters. The molecule has 0 radical (unpaired) electrons. The first-order valence-corrected chi connectivity index (χ1v) is 11.1. The molecule has 4 heterocycles. The van der Waals surface area contributed by atoms with Crippen LogP contribution in [0.1, 0.15) is 32.6 Å². The largest absolute Gasteiger partial charge is 0.354 e. The molecule has 0 saturated carbocycles. The van der Waals surface area contributed by atoms with Crippen molar-refractivity contribution in [1.29, 1.82) is 0 Å². The van der Waals surface area contributed by atoms with Crippen LogP contribution < -0.4 is 10.2 Å². The fraction of sp³-hybridized carbons (Fsp3) is 0.727. The zero-order valence-corrected chi connectivity index (χ0v) is 17.2. The summed E-state index contributed by atoms with van der Waals surface area (Å²) in [5.74, 6) is 2.36. The average molecular weight is 386 g/mol. The lowest BCUT2D eigenvalue weighted by Crippen LogP contribution is -2.51. The van der Waals surface area contributed by atoms with Gasteiger partial charge in [-0.2, -0.15) is 0 Å². The van der Waals surface area contributed by atoms with Crippen molar-refractivity contribution in [3.63, 3.8) is 0 Å². The number of piperazine rings is 1. The number of likely N-dealkylation sites (tertiary alicyclic amines) is 1. The van der Waals surface area contributed by atoms with Crippen LogP contribution in [0.25, 0.3) is 0 Å². The van der Waals surface area contributed by atoms with E-state index in [0.717, 1.165) is 77.4 Å².